The molecule has 230 valence electrons. The molecule has 1 aromatic carbocycles. The summed E-state index contributed by atoms with van der Waals surface area (Å²) in [6, 6.07) is 5.45. The number of amides is 2. The van der Waals surface area contributed by atoms with Crippen molar-refractivity contribution in [2.24, 2.45) is 5.92 Å². The summed E-state index contributed by atoms with van der Waals surface area (Å²) in [5, 5.41) is 0.446. The zero-order valence-electron chi connectivity index (χ0n) is 24.9. The van der Waals surface area contributed by atoms with E-state index in [1.54, 1.807) is 39.0 Å². The number of pyridine rings is 1. The lowest BCUT2D eigenvalue weighted by Gasteiger charge is -2.47. The average molecular weight is 608 g/mol. The number of hydrogen-bond donors (Lipinski definition) is 0. The van der Waals surface area contributed by atoms with Crippen LogP contribution in [0.4, 0.5) is 13.6 Å². The van der Waals surface area contributed by atoms with Gasteiger partial charge in [-0.15, -0.1) is 0 Å². The van der Waals surface area contributed by atoms with Crippen LogP contribution in [0, 0.1) is 17.6 Å². The Hall–Kier alpha value is -2.82. The lowest BCUT2D eigenvalue weighted by molar-refractivity contribution is -0.160. The Morgan fingerprint density at radius 1 is 1.17 bits per heavy atom. The van der Waals surface area contributed by atoms with Gasteiger partial charge in [-0.2, -0.15) is 0 Å². The first-order valence-corrected chi connectivity index (χ1v) is 14.7. The van der Waals surface area contributed by atoms with Crippen molar-refractivity contribution >= 4 is 23.6 Å². The van der Waals surface area contributed by atoms with Gasteiger partial charge in [-0.05, 0) is 82.2 Å². The molecular weight excluding hydrogens is 568 g/mol. The first-order chi connectivity index (χ1) is 19.9. The molecule has 1 saturated carbocycles. The van der Waals surface area contributed by atoms with E-state index >= 15 is 0 Å². The van der Waals surface area contributed by atoms with Crippen molar-refractivity contribution in [2.75, 3.05) is 33.9 Å². The number of rotatable bonds is 10. The van der Waals surface area contributed by atoms with E-state index in [0.717, 1.165) is 42.7 Å². The van der Waals surface area contributed by atoms with E-state index in [-0.39, 0.29) is 38.0 Å². The number of halogens is 3. The molecule has 0 unspecified atom stereocenters. The number of carbonyl (C=O) groups excluding carboxylic acids is 2. The highest BCUT2D eigenvalue weighted by molar-refractivity contribution is 6.31. The summed E-state index contributed by atoms with van der Waals surface area (Å²) in [6.45, 7) is 6.35. The molecule has 1 aliphatic heterocycles. The molecule has 0 radical (unpaired) electrons. The molecule has 0 spiro atoms. The molecule has 0 N–H and O–H groups in total. The first-order valence-electron chi connectivity index (χ1n) is 14.3. The van der Waals surface area contributed by atoms with Gasteiger partial charge in [0.1, 0.15) is 11.2 Å². The fourth-order valence-corrected chi connectivity index (χ4v) is 5.68. The van der Waals surface area contributed by atoms with Crippen molar-refractivity contribution < 1.29 is 32.6 Å². The normalized spacial score (nSPS) is 20.9. The van der Waals surface area contributed by atoms with Gasteiger partial charge < -0.3 is 24.0 Å². The summed E-state index contributed by atoms with van der Waals surface area (Å²) in [6.07, 6.45) is 4.37. The third kappa shape index (κ3) is 7.38. The van der Waals surface area contributed by atoms with Crippen LogP contribution in [0.1, 0.15) is 63.3 Å². The predicted molar refractivity (Wildman–Crippen MR) is 154 cm³/mol. The number of carbonyl (C=O) groups is 2. The molecule has 4 rings (SSSR count). The number of methoxy groups -OCH3 is 2. The van der Waals surface area contributed by atoms with E-state index in [1.165, 1.54) is 18.1 Å². The Morgan fingerprint density at radius 2 is 1.90 bits per heavy atom. The lowest BCUT2D eigenvalue weighted by Crippen LogP contribution is -2.58. The second-order valence-corrected chi connectivity index (χ2v) is 12.4. The van der Waals surface area contributed by atoms with E-state index in [1.807, 2.05) is 6.07 Å². The van der Waals surface area contributed by atoms with Gasteiger partial charge in [0.25, 0.3) is 0 Å². The number of ether oxygens (including phenoxy) is 3. The molecule has 2 amide bonds. The molecule has 1 aromatic heterocycles. The van der Waals surface area contributed by atoms with Gasteiger partial charge in [0.2, 0.25) is 5.91 Å². The van der Waals surface area contributed by atoms with E-state index in [0.29, 0.717) is 23.6 Å². The fraction of sp³-hybridized carbons (Fsp3) is 0.581. The molecule has 11 heteroatoms. The lowest BCUT2D eigenvalue weighted by atomic mass is 9.74. The maximum absolute atomic E-state index is 14.6. The van der Waals surface area contributed by atoms with Gasteiger partial charge in [0.15, 0.2) is 11.6 Å². The molecule has 1 saturated heterocycles. The van der Waals surface area contributed by atoms with Crippen molar-refractivity contribution in [3.63, 3.8) is 0 Å². The zero-order valence-corrected chi connectivity index (χ0v) is 25.7. The number of piperidine rings is 1. The minimum Gasteiger partial charge on any atom is -0.444 e. The van der Waals surface area contributed by atoms with Gasteiger partial charge in [-0.1, -0.05) is 17.7 Å². The molecule has 2 aliphatic rings. The van der Waals surface area contributed by atoms with E-state index in [4.69, 9.17) is 25.8 Å². The molecule has 42 heavy (non-hydrogen) atoms. The van der Waals surface area contributed by atoms with Crippen LogP contribution in [-0.2, 0) is 37.6 Å². The van der Waals surface area contributed by atoms with E-state index in [2.05, 4.69) is 4.98 Å². The highest BCUT2D eigenvalue weighted by atomic mass is 35.5. The SMILES string of the molecule is COCCCc1cc(CN(C(=O)[C@H]2CN(C(=O)OC(C)(C)C)CC[C@]2(OC)c2ccc(F)c(F)c2)C2CC2)c(Cl)cn1. The third-order valence-electron chi connectivity index (χ3n) is 7.83. The second-order valence-electron chi connectivity index (χ2n) is 12.0. The summed E-state index contributed by atoms with van der Waals surface area (Å²) in [5.41, 5.74) is -0.0912. The van der Waals surface area contributed by atoms with Crippen LogP contribution in [0.3, 0.4) is 0 Å². The Kier molecular flexibility index (Phi) is 10.1. The highest BCUT2D eigenvalue weighted by Gasteiger charge is 2.52. The monoisotopic (exact) mass is 607 g/mol. The maximum atomic E-state index is 14.6. The van der Waals surface area contributed by atoms with E-state index < -0.39 is 34.8 Å². The summed E-state index contributed by atoms with van der Waals surface area (Å²) >= 11 is 6.56. The Balaban J connectivity index is 1.70. The standard InChI is InChI=1S/C31H40ClF2N3O5/c1-30(2,3)42-29(39)36-13-12-31(41-5,21-8-11-26(33)27(34)16-21)24(19-36)28(38)37(23-9-10-23)18-20-15-22(7-6-14-40-4)35-17-25(20)32/h8,11,15-17,23-24H,6-7,9-10,12-14,18-19H2,1-5H3/t24-,31+/m1/s1. The molecule has 1 aliphatic carbocycles. The Bertz CT molecular complexity index is 1290. The topological polar surface area (TPSA) is 81.2 Å². The van der Waals surface area contributed by atoms with Crippen LogP contribution in [0.15, 0.2) is 30.5 Å². The molecule has 2 heterocycles. The zero-order chi connectivity index (χ0) is 30.7. The van der Waals surface area contributed by atoms with Crippen LogP contribution in [0.2, 0.25) is 5.02 Å². The van der Waals surface area contributed by atoms with Gasteiger partial charge in [-0.3, -0.25) is 9.78 Å². The Morgan fingerprint density at radius 3 is 2.52 bits per heavy atom. The molecule has 8 nitrogen and oxygen atoms in total. The minimum atomic E-state index is -1.30. The van der Waals surface area contributed by atoms with Crippen molar-refractivity contribution in [1.29, 1.82) is 0 Å². The van der Waals surface area contributed by atoms with E-state index in [9.17, 15) is 18.4 Å². The van der Waals surface area contributed by atoms with Gasteiger partial charge in [0.05, 0.1) is 10.9 Å². The smallest absolute Gasteiger partial charge is 0.410 e. The van der Waals surface area contributed by atoms with Crippen molar-refractivity contribution in [3.8, 4) is 0 Å². The maximum Gasteiger partial charge on any atom is 0.410 e. The third-order valence-corrected chi connectivity index (χ3v) is 8.17. The average Bonchev–Trinajstić information content (AvgIpc) is 3.78. The molecule has 0 bridgehead atoms. The van der Waals surface area contributed by atoms with Gasteiger partial charge in [-0.25, -0.2) is 13.6 Å². The molecule has 2 fully saturated rings. The summed E-state index contributed by atoms with van der Waals surface area (Å²) < 4.78 is 45.3. The number of likely N-dealkylation sites (tertiary alicyclic amines) is 1. The minimum absolute atomic E-state index is 0.0177. The number of aryl methyl sites for hydroxylation is 1. The number of hydrogen-bond acceptors (Lipinski definition) is 6. The number of nitrogens with zero attached hydrogens (tertiary/aromatic N) is 3. The summed E-state index contributed by atoms with van der Waals surface area (Å²) in [4.78, 5) is 35.4. The van der Waals surface area contributed by atoms with Gasteiger partial charge >= 0.3 is 6.09 Å². The highest BCUT2D eigenvalue weighted by Crippen LogP contribution is 2.44. The van der Waals surface area contributed by atoms with Gasteiger partial charge in [0, 0.05) is 58.4 Å². The van der Waals surface area contributed by atoms with Crippen LogP contribution >= 0.6 is 11.6 Å². The molecule has 2 aromatic rings. The number of aromatic nitrogens is 1. The van der Waals surface area contributed by atoms with Crippen molar-refractivity contribution in [2.45, 2.75) is 76.7 Å². The predicted octanol–water partition coefficient (Wildman–Crippen LogP) is 5.88. The number of benzene rings is 1. The van der Waals surface area contributed by atoms with Crippen molar-refractivity contribution in [1.82, 2.24) is 14.8 Å². The van der Waals surface area contributed by atoms with Crippen LogP contribution in [0.5, 0.6) is 0 Å². The fourth-order valence-electron chi connectivity index (χ4n) is 5.51. The first kappa shape index (κ1) is 32.1. The Labute approximate surface area is 251 Å². The second kappa shape index (κ2) is 13.2. The van der Waals surface area contributed by atoms with Crippen LogP contribution in [-0.4, -0.2) is 72.3 Å². The largest absolute Gasteiger partial charge is 0.444 e. The summed E-state index contributed by atoms with van der Waals surface area (Å²) in [7, 11) is 3.10. The quantitative estimate of drug-likeness (QED) is 0.314. The van der Waals surface area contributed by atoms with Crippen LogP contribution < -0.4 is 0 Å². The summed E-state index contributed by atoms with van der Waals surface area (Å²) in [5.74, 6) is -3.21. The molecular formula is C31H40ClF2N3O5. The molecule has 2 atom stereocenters. The van der Waals surface area contributed by atoms with Crippen LogP contribution in [0.25, 0.3) is 0 Å². The van der Waals surface area contributed by atoms with Crippen molar-refractivity contribution in [3.05, 3.63) is 63.9 Å².